The molecule has 0 atom stereocenters. The number of aryl methyl sites for hydroxylation is 1. The Hall–Kier alpha value is -4.17. The standard InChI is InChI=1S/C27H21NO6S/c1-18-8-10-19(11-9-18)16-28-23-15-20(27(30)34-17-21-5-4-14-33-21)12-13-25(23)35(31,32)24-7-3-2-6-22(24)26(28)29/h2-15H,16-17H2,1H3. The number of hydrogen-bond donors (Lipinski definition) is 0. The number of esters is 1. The maximum atomic E-state index is 13.7. The largest absolute Gasteiger partial charge is 0.466 e. The van der Waals surface area contributed by atoms with E-state index in [0.29, 0.717) is 5.76 Å². The van der Waals surface area contributed by atoms with Crippen LogP contribution in [0.5, 0.6) is 0 Å². The Morgan fingerprint density at radius 2 is 1.71 bits per heavy atom. The van der Waals surface area contributed by atoms with Crippen LogP contribution in [-0.2, 0) is 27.7 Å². The van der Waals surface area contributed by atoms with Gasteiger partial charge in [0.15, 0.2) is 0 Å². The van der Waals surface area contributed by atoms with E-state index in [0.717, 1.165) is 11.1 Å². The molecule has 0 aliphatic carbocycles. The highest BCUT2D eigenvalue weighted by Crippen LogP contribution is 2.38. The summed E-state index contributed by atoms with van der Waals surface area (Å²) in [6.07, 6.45) is 1.47. The summed E-state index contributed by atoms with van der Waals surface area (Å²) in [6, 6.07) is 21.3. The third-order valence-electron chi connectivity index (χ3n) is 5.81. The van der Waals surface area contributed by atoms with E-state index >= 15 is 0 Å². The van der Waals surface area contributed by atoms with Crippen LogP contribution in [0.4, 0.5) is 5.69 Å². The molecule has 0 fully saturated rings. The summed E-state index contributed by atoms with van der Waals surface area (Å²) >= 11 is 0. The van der Waals surface area contributed by atoms with Crippen LogP contribution in [-0.4, -0.2) is 20.3 Å². The Balaban J connectivity index is 1.61. The Morgan fingerprint density at radius 1 is 0.943 bits per heavy atom. The van der Waals surface area contributed by atoms with Gasteiger partial charge in [-0.25, -0.2) is 13.2 Å². The van der Waals surface area contributed by atoms with Crippen molar-refractivity contribution in [2.75, 3.05) is 4.90 Å². The van der Waals surface area contributed by atoms with E-state index in [2.05, 4.69) is 0 Å². The van der Waals surface area contributed by atoms with Crippen LogP contribution in [0.1, 0.15) is 37.6 Å². The van der Waals surface area contributed by atoms with Crippen molar-refractivity contribution < 1.29 is 27.2 Å². The fourth-order valence-corrected chi connectivity index (χ4v) is 5.61. The first-order valence-corrected chi connectivity index (χ1v) is 12.4. The second-order valence-electron chi connectivity index (χ2n) is 8.21. The molecule has 176 valence electrons. The van der Waals surface area contributed by atoms with Gasteiger partial charge in [0.25, 0.3) is 5.91 Å². The fourth-order valence-electron chi connectivity index (χ4n) is 3.98. The summed E-state index contributed by atoms with van der Waals surface area (Å²) < 4.78 is 37.6. The average molecular weight is 488 g/mol. The first kappa shape index (κ1) is 22.6. The minimum Gasteiger partial charge on any atom is -0.466 e. The van der Waals surface area contributed by atoms with Gasteiger partial charge >= 0.3 is 5.97 Å². The minimum atomic E-state index is -4.02. The van der Waals surface area contributed by atoms with Crippen molar-refractivity contribution in [3.05, 3.63) is 113 Å². The summed E-state index contributed by atoms with van der Waals surface area (Å²) in [5, 5.41) is 0. The molecular formula is C27H21NO6S. The van der Waals surface area contributed by atoms with Crippen LogP contribution in [0.15, 0.2) is 99.3 Å². The zero-order chi connectivity index (χ0) is 24.6. The molecule has 1 aliphatic heterocycles. The third-order valence-corrected chi connectivity index (χ3v) is 7.67. The topological polar surface area (TPSA) is 93.9 Å². The molecule has 2 heterocycles. The molecule has 1 aliphatic rings. The Kier molecular flexibility index (Phi) is 5.74. The van der Waals surface area contributed by atoms with E-state index in [9.17, 15) is 18.0 Å². The lowest BCUT2D eigenvalue weighted by molar-refractivity contribution is 0.0445. The van der Waals surface area contributed by atoms with Crippen LogP contribution in [0.25, 0.3) is 0 Å². The number of sulfone groups is 1. The number of hydrogen-bond acceptors (Lipinski definition) is 6. The molecule has 1 amide bonds. The van der Waals surface area contributed by atoms with Gasteiger partial charge in [-0.3, -0.25) is 4.79 Å². The van der Waals surface area contributed by atoms with Gasteiger partial charge in [0.2, 0.25) is 9.84 Å². The molecule has 0 N–H and O–H groups in total. The van der Waals surface area contributed by atoms with Crippen LogP contribution in [0, 0.1) is 6.92 Å². The van der Waals surface area contributed by atoms with Gasteiger partial charge in [0.05, 0.1) is 39.4 Å². The number of benzene rings is 3. The molecule has 0 saturated heterocycles. The van der Waals surface area contributed by atoms with Gasteiger partial charge in [0, 0.05) is 0 Å². The van der Waals surface area contributed by atoms with Crippen LogP contribution >= 0.6 is 0 Å². The number of amides is 1. The van der Waals surface area contributed by atoms with Crippen molar-refractivity contribution in [1.29, 1.82) is 0 Å². The lowest BCUT2D eigenvalue weighted by Gasteiger charge is -2.23. The summed E-state index contributed by atoms with van der Waals surface area (Å²) in [6.45, 7) is 2.01. The van der Waals surface area contributed by atoms with Crippen molar-refractivity contribution in [3.8, 4) is 0 Å². The molecule has 0 bridgehead atoms. The Labute approximate surface area is 202 Å². The van der Waals surface area contributed by atoms with Gasteiger partial charge in [0.1, 0.15) is 12.4 Å². The molecule has 35 heavy (non-hydrogen) atoms. The number of furan rings is 1. The zero-order valence-corrected chi connectivity index (χ0v) is 19.6. The van der Waals surface area contributed by atoms with Gasteiger partial charge < -0.3 is 14.1 Å². The lowest BCUT2D eigenvalue weighted by atomic mass is 10.1. The fraction of sp³-hybridized carbons (Fsp3) is 0.111. The summed E-state index contributed by atoms with van der Waals surface area (Å²) in [5.41, 5.74) is 2.21. The predicted molar refractivity (Wildman–Crippen MR) is 128 cm³/mol. The first-order valence-electron chi connectivity index (χ1n) is 10.9. The number of nitrogens with zero attached hydrogens (tertiary/aromatic N) is 1. The molecule has 1 aromatic heterocycles. The minimum absolute atomic E-state index is 0.0505. The highest BCUT2D eigenvalue weighted by Gasteiger charge is 2.36. The maximum absolute atomic E-state index is 13.7. The van der Waals surface area contributed by atoms with Crippen LogP contribution in [0.3, 0.4) is 0 Å². The van der Waals surface area contributed by atoms with E-state index in [4.69, 9.17) is 9.15 Å². The number of anilines is 1. The van der Waals surface area contributed by atoms with Crippen LogP contribution < -0.4 is 4.90 Å². The van der Waals surface area contributed by atoms with Crippen molar-refractivity contribution in [2.45, 2.75) is 29.9 Å². The van der Waals surface area contributed by atoms with E-state index < -0.39 is 21.7 Å². The van der Waals surface area contributed by atoms with Gasteiger partial charge in [-0.05, 0) is 55.0 Å². The third kappa shape index (κ3) is 4.24. The monoisotopic (exact) mass is 487 g/mol. The molecule has 7 nitrogen and oxygen atoms in total. The number of carbonyl (C=O) groups excluding carboxylic acids is 2. The summed E-state index contributed by atoms with van der Waals surface area (Å²) in [7, 11) is -4.02. The summed E-state index contributed by atoms with van der Waals surface area (Å²) in [4.78, 5) is 27.7. The van der Waals surface area contributed by atoms with Crippen molar-refractivity contribution >= 4 is 27.4 Å². The average Bonchev–Trinajstić information content (AvgIpc) is 3.38. The Morgan fingerprint density at radius 3 is 2.46 bits per heavy atom. The maximum Gasteiger partial charge on any atom is 0.338 e. The molecule has 3 aromatic carbocycles. The first-order chi connectivity index (χ1) is 16.8. The molecule has 4 aromatic rings. The summed E-state index contributed by atoms with van der Waals surface area (Å²) in [5.74, 6) is -0.655. The number of fused-ring (bicyclic) bond motifs is 2. The van der Waals surface area contributed by atoms with E-state index in [-0.39, 0.29) is 39.8 Å². The van der Waals surface area contributed by atoms with E-state index in [1.165, 1.54) is 41.5 Å². The Bertz CT molecular complexity index is 1520. The normalized spacial score (nSPS) is 14.1. The smallest absolute Gasteiger partial charge is 0.338 e. The molecule has 0 radical (unpaired) electrons. The number of ether oxygens (including phenoxy) is 1. The van der Waals surface area contributed by atoms with Crippen molar-refractivity contribution in [2.24, 2.45) is 0 Å². The van der Waals surface area contributed by atoms with Crippen molar-refractivity contribution in [1.82, 2.24) is 0 Å². The number of rotatable bonds is 5. The molecule has 0 unspecified atom stereocenters. The second kappa shape index (κ2) is 8.88. The highest BCUT2D eigenvalue weighted by molar-refractivity contribution is 7.91. The zero-order valence-electron chi connectivity index (χ0n) is 18.8. The quantitative estimate of drug-likeness (QED) is 0.370. The molecular weight excluding hydrogens is 466 g/mol. The molecule has 8 heteroatoms. The van der Waals surface area contributed by atoms with Crippen LogP contribution in [0.2, 0.25) is 0 Å². The highest BCUT2D eigenvalue weighted by atomic mass is 32.2. The van der Waals surface area contributed by atoms with Gasteiger partial charge in [-0.2, -0.15) is 0 Å². The number of carbonyl (C=O) groups is 2. The SMILES string of the molecule is Cc1ccc(CN2C(=O)c3ccccc3S(=O)(=O)c3ccc(C(=O)OCc4ccco4)cc32)cc1. The van der Waals surface area contributed by atoms with E-state index in [1.54, 1.807) is 24.3 Å². The molecule has 0 saturated carbocycles. The second-order valence-corrected chi connectivity index (χ2v) is 10.1. The van der Waals surface area contributed by atoms with E-state index in [1.807, 2.05) is 31.2 Å². The lowest BCUT2D eigenvalue weighted by Crippen LogP contribution is -2.30. The van der Waals surface area contributed by atoms with Gasteiger partial charge in [-0.15, -0.1) is 0 Å². The van der Waals surface area contributed by atoms with Crippen molar-refractivity contribution in [3.63, 3.8) is 0 Å². The van der Waals surface area contributed by atoms with Gasteiger partial charge in [-0.1, -0.05) is 42.0 Å². The predicted octanol–water partition coefficient (Wildman–Crippen LogP) is 4.94. The molecule has 0 spiro atoms. The molecule has 5 rings (SSSR count).